The molecule has 0 atom stereocenters. The molecular weight excluding hydrogens is 431 g/mol. The number of ether oxygens (including phenoxy) is 1. The fourth-order valence-electron chi connectivity index (χ4n) is 3.63. The number of nitrogens with zero attached hydrogens (tertiary/aromatic N) is 5. The van der Waals surface area contributed by atoms with Crippen molar-refractivity contribution in [3.63, 3.8) is 0 Å². The molecule has 0 bridgehead atoms. The molecule has 0 aliphatic carbocycles. The van der Waals surface area contributed by atoms with Crippen molar-refractivity contribution in [1.29, 1.82) is 0 Å². The van der Waals surface area contributed by atoms with Gasteiger partial charge in [0.15, 0.2) is 5.82 Å². The molecule has 0 saturated heterocycles. The Morgan fingerprint density at radius 2 is 1.97 bits per heavy atom. The number of nitrogens with one attached hydrogen (secondary N) is 1. The van der Waals surface area contributed by atoms with E-state index in [9.17, 15) is 4.39 Å². The number of para-hydroxylation sites is 1. The number of methoxy groups -OCH3 is 1. The number of halogens is 2. The van der Waals surface area contributed by atoms with Gasteiger partial charge in [-0.15, -0.1) is 0 Å². The van der Waals surface area contributed by atoms with Crippen LogP contribution in [-0.4, -0.2) is 31.4 Å². The fraction of sp³-hybridized carbons (Fsp3) is 0.0870. The maximum atomic E-state index is 14.7. The molecule has 0 radical (unpaired) electrons. The lowest BCUT2D eigenvalue weighted by Crippen LogP contribution is -2.00. The lowest BCUT2D eigenvalue weighted by molar-refractivity contribution is 0.415. The van der Waals surface area contributed by atoms with Gasteiger partial charge in [0, 0.05) is 18.3 Å². The zero-order valence-electron chi connectivity index (χ0n) is 17.3. The first kappa shape index (κ1) is 20.0. The molecule has 2 heterocycles. The highest BCUT2D eigenvalue weighted by atomic mass is 35.5. The minimum atomic E-state index is -0.414. The summed E-state index contributed by atoms with van der Waals surface area (Å²) in [5.74, 6) is 0.928. The molecule has 1 N–H and O–H groups in total. The molecule has 0 aliphatic rings. The maximum Gasteiger partial charge on any atom is 0.150 e. The third-order valence-corrected chi connectivity index (χ3v) is 5.53. The minimum absolute atomic E-state index is 0.322. The third kappa shape index (κ3) is 3.44. The summed E-state index contributed by atoms with van der Waals surface area (Å²) in [5.41, 5.74) is 4.25. The van der Waals surface area contributed by atoms with E-state index in [-0.39, 0.29) is 0 Å². The van der Waals surface area contributed by atoms with Crippen LogP contribution in [0.2, 0.25) is 5.02 Å². The van der Waals surface area contributed by atoms with Gasteiger partial charge in [-0.1, -0.05) is 17.7 Å². The molecule has 3 aromatic carbocycles. The van der Waals surface area contributed by atoms with Gasteiger partial charge in [-0.3, -0.25) is 0 Å². The van der Waals surface area contributed by atoms with Crippen LogP contribution in [0.3, 0.4) is 0 Å². The number of aromatic nitrogens is 5. The number of imidazole rings is 1. The van der Waals surface area contributed by atoms with Crippen molar-refractivity contribution in [3.8, 4) is 22.8 Å². The highest BCUT2D eigenvalue weighted by molar-refractivity contribution is 6.32. The summed E-state index contributed by atoms with van der Waals surface area (Å²) in [6.45, 7) is 0. The Bertz CT molecular complexity index is 1430. The number of benzene rings is 3. The zero-order valence-corrected chi connectivity index (χ0v) is 18.0. The van der Waals surface area contributed by atoms with Crippen LogP contribution in [0.25, 0.3) is 28.1 Å². The number of aryl methyl sites for hydroxylation is 1. The average Bonchev–Trinajstić information content (AvgIpc) is 3.44. The van der Waals surface area contributed by atoms with E-state index in [1.165, 1.54) is 23.4 Å². The quantitative estimate of drug-likeness (QED) is 0.391. The van der Waals surface area contributed by atoms with Gasteiger partial charge in [-0.05, 0) is 48.5 Å². The highest BCUT2D eigenvalue weighted by Crippen LogP contribution is 2.34. The smallest absolute Gasteiger partial charge is 0.150 e. The first-order valence-electron chi connectivity index (χ1n) is 9.76. The summed E-state index contributed by atoms with van der Waals surface area (Å²) in [6, 6.07) is 16.2. The molecule has 0 spiro atoms. The maximum absolute atomic E-state index is 14.7. The van der Waals surface area contributed by atoms with Gasteiger partial charge >= 0.3 is 0 Å². The van der Waals surface area contributed by atoms with Crippen molar-refractivity contribution in [2.45, 2.75) is 0 Å². The van der Waals surface area contributed by atoms with Gasteiger partial charge in [0.2, 0.25) is 0 Å². The molecular formula is C23H18ClFN6O. The van der Waals surface area contributed by atoms with E-state index in [2.05, 4.69) is 15.4 Å². The summed E-state index contributed by atoms with van der Waals surface area (Å²) in [7, 11) is 3.53. The molecule has 32 heavy (non-hydrogen) atoms. The Balaban J connectivity index is 1.53. The van der Waals surface area contributed by atoms with E-state index < -0.39 is 5.82 Å². The summed E-state index contributed by atoms with van der Waals surface area (Å²) in [4.78, 5) is 8.71. The van der Waals surface area contributed by atoms with Crippen LogP contribution in [0.1, 0.15) is 0 Å². The number of hydrogen-bond donors (Lipinski definition) is 1. The number of fused-ring (bicyclic) bond motifs is 1. The minimum Gasteiger partial charge on any atom is -0.495 e. The fourth-order valence-corrected chi connectivity index (χ4v) is 3.83. The van der Waals surface area contributed by atoms with Crippen LogP contribution in [0.15, 0.2) is 67.3 Å². The Morgan fingerprint density at radius 1 is 1.09 bits per heavy atom. The van der Waals surface area contributed by atoms with Gasteiger partial charge in [-0.2, -0.15) is 5.10 Å². The van der Waals surface area contributed by atoms with Crippen molar-refractivity contribution < 1.29 is 9.13 Å². The van der Waals surface area contributed by atoms with E-state index in [4.69, 9.17) is 21.3 Å². The van der Waals surface area contributed by atoms with Crippen LogP contribution in [-0.2, 0) is 7.05 Å². The van der Waals surface area contributed by atoms with Crippen molar-refractivity contribution >= 4 is 34.0 Å². The molecule has 9 heteroatoms. The molecule has 0 aliphatic heterocycles. The van der Waals surface area contributed by atoms with Crippen LogP contribution in [0.5, 0.6) is 5.75 Å². The Labute approximate surface area is 188 Å². The van der Waals surface area contributed by atoms with Gasteiger partial charge in [0.05, 0.1) is 23.3 Å². The van der Waals surface area contributed by atoms with E-state index in [1.54, 1.807) is 25.3 Å². The molecule has 5 rings (SSSR count). The SMILES string of the molecule is COc1cc(-c2nc3c(Nc4ccc(-n5cncn5)c(F)c4)cccc3n2C)ccc1Cl. The molecule has 0 unspecified atom stereocenters. The summed E-state index contributed by atoms with van der Waals surface area (Å²) < 4.78 is 23.4. The van der Waals surface area contributed by atoms with E-state index >= 15 is 0 Å². The normalized spacial score (nSPS) is 11.1. The molecule has 5 aromatic rings. The van der Waals surface area contributed by atoms with Gasteiger partial charge in [-0.25, -0.2) is 19.0 Å². The summed E-state index contributed by atoms with van der Waals surface area (Å²) >= 11 is 6.17. The lowest BCUT2D eigenvalue weighted by Gasteiger charge is -2.09. The molecule has 0 saturated carbocycles. The van der Waals surface area contributed by atoms with Gasteiger partial charge in [0.1, 0.15) is 35.4 Å². The Hall–Kier alpha value is -3.91. The van der Waals surface area contributed by atoms with Crippen LogP contribution < -0.4 is 10.1 Å². The van der Waals surface area contributed by atoms with Gasteiger partial charge < -0.3 is 14.6 Å². The number of rotatable bonds is 5. The largest absolute Gasteiger partial charge is 0.495 e. The summed E-state index contributed by atoms with van der Waals surface area (Å²) in [5, 5.41) is 7.79. The standard InChI is InChI=1S/C23H18ClFN6O/c1-30-20-5-3-4-18(22(20)29-23(30)14-6-8-16(24)21(10-14)32-2)28-15-7-9-19(17(25)11-15)31-13-26-12-27-31/h3-13,28H,1-2H3. The number of hydrogen-bond acceptors (Lipinski definition) is 5. The second kappa shape index (κ2) is 7.97. The average molecular weight is 449 g/mol. The second-order valence-electron chi connectivity index (χ2n) is 7.15. The Morgan fingerprint density at radius 3 is 2.72 bits per heavy atom. The zero-order chi connectivity index (χ0) is 22.2. The Kier molecular flexibility index (Phi) is 4.99. The summed E-state index contributed by atoms with van der Waals surface area (Å²) in [6.07, 6.45) is 2.81. The molecule has 160 valence electrons. The van der Waals surface area contributed by atoms with Gasteiger partial charge in [0.25, 0.3) is 0 Å². The van der Waals surface area contributed by atoms with E-state index in [1.807, 2.05) is 41.9 Å². The molecule has 2 aromatic heterocycles. The van der Waals surface area contributed by atoms with Crippen LogP contribution in [0, 0.1) is 5.82 Å². The second-order valence-corrected chi connectivity index (χ2v) is 7.56. The van der Waals surface area contributed by atoms with Crippen LogP contribution in [0.4, 0.5) is 15.8 Å². The number of anilines is 2. The van der Waals surface area contributed by atoms with Crippen molar-refractivity contribution in [2.75, 3.05) is 12.4 Å². The highest BCUT2D eigenvalue weighted by Gasteiger charge is 2.15. The monoisotopic (exact) mass is 448 g/mol. The van der Waals surface area contributed by atoms with Crippen LogP contribution >= 0.6 is 11.6 Å². The molecule has 7 nitrogen and oxygen atoms in total. The van der Waals surface area contributed by atoms with E-state index in [0.29, 0.717) is 22.1 Å². The van der Waals surface area contributed by atoms with Crippen molar-refractivity contribution in [1.82, 2.24) is 24.3 Å². The van der Waals surface area contributed by atoms with Crippen molar-refractivity contribution in [2.24, 2.45) is 7.05 Å². The lowest BCUT2D eigenvalue weighted by atomic mass is 10.2. The van der Waals surface area contributed by atoms with Crippen molar-refractivity contribution in [3.05, 3.63) is 78.1 Å². The first-order chi connectivity index (χ1) is 15.5. The molecule has 0 amide bonds. The topological polar surface area (TPSA) is 69.8 Å². The predicted octanol–water partition coefficient (Wildman–Crippen LogP) is 5.37. The third-order valence-electron chi connectivity index (χ3n) is 5.21. The first-order valence-corrected chi connectivity index (χ1v) is 10.1. The van der Waals surface area contributed by atoms with E-state index in [0.717, 1.165) is 28.1 Å². The predicted molar refractivity (Wildman–Crippen MR) is 122 cm³/mol. The molecule has 0 fully saturated rings.